The van der Waals surface area contributed by atoms with Gasteiger partial charge in [0.2, 0.25) is 0 Å². The normalized spacial score (nSPS) is 29.2. The number of ether oxygens (including phenoxy) is 1. The molecule has 4 rings (SSSR count). The van der Waals surface area contributed by atoms with Gasteiger partial charge in [0.1, 0.15) is 5.75 Å². The molecule has 1 heterocycles. The lowest BCUT2D eigenvalue weighted by Crippen LogP contribution is -2.29. The number of aliphatic hydroxyl groups is 2. The Morgan fingerprint density at radius 1 is 1.26 bits per heavy atom. The van der Waals surface area contributed by atoms with Gasteiger partial charge in [-0.3, -0.25) is 4.79 Å². The standard InChI is InChI=1S/C22H25NO4/c1-14-10-16(8-9-18(14)27-2)21(26)23-11-19(25)22(13-23)17(12-24)20(22)15-6-4-3-5-7-15/h3-10,17,19-20,24-25H,11-13H2,1-2H3/t17-,19+,20-,22-/m1/s1. The van der Waals surface area contributed by atoms with Crippen molar-refractivity contribution in [3.63, 3.8) is 0 Å². The number of aryl methyl sites for hydroxylation is 1. The second kappa shape index (κ2) is 6.66. The van der Waals surface area contributed by atoms with Crippen LogP contribution in [0.1, 0.15) is 27.4 Å². The minimum absolute atomic E-state index is 0.0142. The highest BCUT2D eigenvalue weighted by Gasteiger charge is 2.71. The number of hydrogen-bond donors (Lipinski definition) is 2. The first-order valence-corrected chi connectivity index (χ1v) is 9.30. The summed E-state index contributed by atoms with van der Waals surface area (Å²) in [4.78, 5) is 14.7. The van der Waals surface area contributed by atoms with Gasteiger partial charge in [0.25, 0.3) is 5.91 Å². The monoisotopic (exact) mass is 367 g/mol. The van der Waals surface area contributed by atoms with Crippen molar-refractivity contribution in [3.05, 3.63) is 65.2 Å². The van der Waals surface area contributed by atoms with Gasteiger partial charge in [-0.25, -0.2) is 0 Å². The highest BCUT2D eigenvalue weighted by Crippen LogP contribution is 2.68. The molecule has 4 atom stereocenters. The molecule has 1 aliphatic carbocycles. The maximum atomic E-state index is 13.0. The molecule has 5 nitrogen and oxygen atoms in total. The SMILES string of the molecule is COc1ccc(C(=O)N2C[C@H](O)[C@@]3(C2)[C@H](CO)[C@H]3c2ccccc2)cc1C. The zero-order valence-corrected chi connectivity index (χ0v) is 15.6. The number of rotatable bonds is 4. The van der Waals surface area contributed by atoms with E-state index in [-0.39, 0.29) is 24.3 Å². The summed E-state index contributed by atoms with van der Waals surface area (Å²) in [5, 5.41) is 20.7. The Balaban J connectivity index is 1.58. The number of hydrogen-bond acceptors (Lipinski definition) is 4. The molecule has 142 valence electrons. The van der Waals surface area contributed by atoms with Crippen LogP contribution in [0, 0.1) is 18.3 Å². The molecule has 2 aromatic rings. The number of likely N-dealkylation sites (tertiary alicyclic amines) is 1. The fourth-order valence-corrected chi connectivity index (χ4v) is 4.92. The molecule has 2 aliphatic rings. The molecule has 1 saturated carbocycles. The van der Waals surface area contributed by atoms with E-state index in [1.165, 1.54) is 0 Å². The van der Waals surface area contributed by atoms with Gasteiger partial charge in [-0.05, 0) is 48.1 Å². The largest absolute Gasteiger partial charge is 0.496 e. The van der Waals surface area contributed by atoms with E-state index in [0.717, 1.165) is 16.9 Å². The number of amides is 1. The van der Waals surface area contributed by atoms with Crippen molar-refractivity contribution in [1.29, 1.82) is 0 Å². The second-order valence-corrected chi connectivity index (χ2v) is 7.68. The van der Waals surface area contributed by atoms with Crippen molar-refractivity contribution < 1.29 is 19.7 Å². The van der Waals surface area contributed by atoms with Gasteiger partial charge in [-0.2, -0.15) is 0 Å². The predicted molar refractivity (Wildman–Crippen MR) is 102 cm³/mol. The Morgan fingerprint density at radius 2 is 2.00 bits per heavy atom. The molecule has 0 aromatic heterocycles. The van der Waals surface area contributed by atoms with Crippen molar-refractivity contribution in [3.8, 4) is 5.75 Å². The Bertz CT molecular complexity index is 853. The quantitative estimate of drug-likeness (QED) is 0.869. The molecule has 2 N–H and O–H groups in total. The molecule has 0 unspecified atom stereocenters. The molecule has 27 heavy (non-hydrogen) atoms. The van der Waals surface area contributed by atoms with E-state index in [9.17, 15) is 15.0 Å². The van der Waals surface area contributed by atoms with Crippen LogP contribution in [0.4, 0.5) is 0 Å². The Labute approximate surface area is 159 Å². The van der Waals surface area contributed by atoms with E-state index >= 15 is 0 Å². The van der Waals surface area contributed by atoms with E-state index in [0.29, 0.717) is 18.7 Å². The van der Waals surface area contributed by atoms with Gasteiger partial charge in [0.15, 0.2) is 0 Å². The van der Waals surface area contributed by atoms with E-state index in [2.05, 4.69) is 0 Å². The molecule has 2 aromatic carbocycles. The summed E-state index contributed by atoms with van der Waals surface area (Å²) in [5.41, 5.74) is 2.16. The number of β-amino-alcohol motifs (C(OH)–C–C–N with tert-alkyl or cyclic N) is 1. The average molecular weight is 367 g/mol. The third kappa shape index (κ3) is 2.73. The van der Waals surface area contributed by atoms with Crippen molar-refractivity contribution in [2.75, 3.05) is 26.8 Å². The summed E-state index contributed by atoms with van der Waals surface area (Å²) in [6, 6.07) is 15.4. The summed E-state index contributed by atoms with van der Waals surface area (Å²) in [6.07, 6.45) is -0.636. The molecule has 1 saturated heterocycles. The summed E-state index contributed by atoms with van der Waals surface area (Å²) >= 11 is 0. The van der Waals surface area contributed by atoms with E-state index < -0.39 is 11.5 Å². The Morgan fingerprint density at radius 3 is 2.63 bits per heavy atom. The van der Waals surface area contributed by atoms with Gasteiger partial charge in [0.05, 0.1) is 13.2 Å². The third-order valence-corrected chi connectivity index (χ3v) is 6.33. The van der Waals surface area contributed by atoms with Gasteiger partial charge in [-0.1, -0.05) is 30.3 Å². The van der Waals surface area contributed by atoms with Crippen LogP contribution in [0.2, 0.25) is 0 Å². The van der Waals surface area contributed by atoms with Crippen LogP contribution in [-0.2, 0) is 0 Å². The Hall–Kier alpha value is -2.37. The van der Waals surface area contributed by atoms with Crippen molar-refractivity contribution in [2.24, 2.45) is 11.3 Å². The smallest absolute Gasteiger partial charge is 0.253 e. The summed E-state index contributed by atoms with van der Waals surface area (Å²) in [6.45, 7) is 2.68. The van der Waals surface area contributed by atoms with Gasteiger partial charge >= 0.3 is 0 Å². The van der Waals surface area contributed by atoms with Gasteiger partial charge in [0, 0.05) is 30.7 Å². The molecule has 1 amide bonds. The fraction of sp³-hybridized carbons (Fsp3) is 0.409. The lowest BCUT2D eigenvalue weighted by Gasteiger charge is -2.17. The van der Waals surface area contributed by atoms with Gasteiger partial charge < -0.3 is 19.8 Å². The molecule has 0 radical (unpaired) electrons. The first-order chi connectivity index (χ1) is 13.0. The van der Waals surface area contributed by atoms with Crippen molar-refractivity contribution in [2.45, 2.75) is 18.9 Å². The summed E-state index contributed by atoms with van der Waals surface area (Å²) in [7, 11) is 1.61. The predicted octanol–water partition coefficient (Wildman–Crippen LogP) is 2.21. The van der Waals surface area contributed by atoms with E-state index in [4.69, 9.17) is 4.74 Å². The number of aliphatic hydroxyl groups excluding tert-OH is 2. The van der Waals surface area contributed by atoms with Crippen LogP contribution in [0.25, 0.3) is 0 Å². The minimum atomic E-state index is -0.636. The average Bonchev–Trinajstić information content (AvgIpc) is 3.22. The molecule has 0 bridgehead atoms. The van der Waals surface area contributed by atoms with Gasteiger partial charge in [-0.15, -0.1) is 0 Å². The third-order valence-electron chi connectivity index (χ3n) is 6.33. The van der Waals surface area contributed by atoms with Crippen LogP contribution < -0.4 is 4.74 Å². The first kappa shape index (κ1) is 18.0. The van der Waals surface area contributed by atoms with Crippen LogP contribution in [0.3, 0.4) is 0 Å². The van der Waals surface area contributed by atoms with E-state index in [1.54, 1.807) is 24.1 Å². The minimum Gasteiger partial charge on any atom is -0.496 e. The summed E-state index contributed by atoms with van der Waals surface area (Å²) < 4.78 is 5.26. The highest BCUT2D eigenvalue weighted by atomic mass is 16.5. The zero-order valence-electron chi connectivity index (χ0n) is 15.6. The number of methoxy groups -OCH3 is 1. The fourth-order valence-electron chi connectivity index (χ4n) is 4.92. The van der Waals surface area contributed by atoms with Crippen LogP contribution in [-0.4, -0.2) is 53.9 Å². The molecule has 1 spiro atoms. The lowest BCUT2D eigenvalue weighted by atomic mass is 9.95. The van der Waals surface area contributed by atoms with E-state index in [1.807, 2.05) is 43.3 Å². The second-order valence-electron chi connectivity index (χ2n) is 7.68. The number of carbonyl (C=O) groups excluding carboxylic acids is 1. The summed E-state index contributed by atoms with van der Waals surface area (Å²) in [5.74, 6) is 0.711. The molecule has 1 aliphatic heterocycles. The van der Waals surface area contributed by atoms with Crippen LogP contribution in [0.5, 0.6) is 5.75 Å². The number of nitrogens with zero attached hydrogens (tertiary/aromatic N) is 1. The Kier molecular flexibility index (Phi) is 4.44. The van der Waals surface area contributed by atoms with Crippen LogP contribution >= 0.6 is 0 Å². The lowest BCUT2D eigenvalue weighted by molar-refractivity contribution is 0.0764. The number of carbonyl (C=O) groups is 1. The highest BCUT2D eigenvalue weighted by molar-refractivity contribution is 5.95. The van der Waals surface area contributed by atoms with Crippen LogP contribution in [0.15, 0.2) is 48.5 Å². The first-order valence-electron chi connectivity index (χ1n) is 9.30. The number of benzene rings is 2. The maximum Gasteiger partial charge on any atom is 0.253 e. The molecular weight excluding hydrogens is 342 g/mol. The van der Waals surface area contributed by atoms with Crippen molar-refractivity contribution >= 4 is 5.91 Å². The molecule has 5 heteroatoms. The zero-order chi connectivity index (χ0) is 19.2. The topological polar surface area (TPSA) is 70.0 Å². The van der Waals surface area contributed by atoms with Crippen molar-refractivity contribution in [1.82, 2.24) is 4.90 Å². The maximum absolute atomic E-state index is 13.0. The molecular formula is C22H25NO4. The molecule has 2 fully saturated rings.